The Morgan fingerprint density at radius 1 is 1.31 bits per heavy atom. The number of hydrogen-bond acceptors (Lipinski definition) is 5. The van der Waals surface area contributed by atoms with E-state index in [1.807, 2.05) is 6.92 Å². The van der Waals surface area contributed by atoms with Crippen LogP contribution in [0.5, 0.6) is 5.75 Å². The fourth-order valence-corrected chi connectivity index (χ4v) is 2.40. The molecular weight excluding hydrogens is 357 g/mol. The van der Waals surface area contributed by atoms with Gasteiger partial charge in [0.2, 0.25) is 5.60 Å². The van der Waals surface area contributed by atoms with Crippen LogP contribution in [-0.2, 0) is 15.1 Å². The number of benzene rings is 1. The van der Waals surface area contributed by atoms with Gasteiger partial charge in [0.1, 0.15) is 5.75 Å². The molecule has 0 saturated carbocycles. The highest BCUT2D eigenvalue weighted by atomic mass is 19.4. The summed E-state index contributed by atoms with van der Waals surface area (Å²) in [6.07, 6.45) is -5.16. The van der Waals surface area contributed by atoms with Crippen LogP contribution in [0.15, 0.2) is 24.3 Å². The molecule has 0 aliphatic carbocycles. The van der Waals surface area contributed by atoms with E-state index in [1.165, 1.54) is 12.1 Å². The average Bonchev–Trinajstić information content (AvgIpc) is 2.54. The molecule has 0 bridgehead atoms. The van der Waals surface area contributed by atoms with Gasteiger partial charge in [-0.2, -0.15) is 0 Å². The van der Waals surface area contributed by atoms with Gasteiger partial charge in [-0.3, -0.25) is 4.79 Å². The minimum absolute atomic E-state index is 0.0147. The van der Waals surface area contributed by atoms with E-state index in [9.17, 15) is 22.8 Å². The molecule has 7 nitrogen and oxygen atoms in total. The van der Waals surface area contributed by atoms with Gasteiger partial charge in [0.15, 0.2) is 0 Å². The number of carbonyl (C=O) groups excluding carboxylic acids is 2. The third-order valence-corrected chi connectivity index (χ3v) is 3.46. The van der Waals surface area contributed by atoms with Crippen LogP contribution in [0.4, 0.5) is 18.0 Å². The van der Waals surface area contributed by atoms with Gasteiger partial charge < -0.3 is 25.6 Å². The molecule has 1 unspecified atom stereocenters. The van der Waals surface area contributed by atoms with Gasteiger partial charge >= 0.3 is 12.5 Å². The second-order valence-corrected chi connectivity index (χ2v) is 5.41. The van der Waals surface area contributed by atoms with E-state index in [0.717, 1.165) is 12.1 Å². The smallest absolute Gasteiger partial charge is 0.428 e. The number of unbranched alkanes of at least 4 members (excludes halogenated alkanes) is 1. The number of aliphatic hydroxyl groups is 1. The van der Waals surface area contributed by atoms with Gasteiger partial charge in [-0.15, -0.1) is 13.2 Å². The van der Waals surface area contributed by atoms with Crippen molar-refractivity contribution in [2.45, 2.75) is 38.1 Å². The predicted molar refractivity (Wildman–Crippen MR) is 85.1 cm³/mol. The number of hydrogen-bond donors (Lipinski definition) is 3. The molecule has 0 aliphatic heterocycles. The van der Waals surface area contributed by atoms with E-state index in [4.69, 9.17) is 15.6 Å². The van der Waals surface area contributed by atoms with Crippen LogP contribution in [0.25, 0.3) is 0 Å². The molecule has 0 aromatic heterocycles. The minimum Gasteiger partial charge on any atom is -0.428 e. The van der Waals surface area contributed by atoms with E-state index in [0.29, 0.717) is 12.8 Å². The van der Waals surface area contributed by atoms with E-state index >= 15 is 0 Å². The summed E-state index contributed by atoms with van der Waals surface area (Å²) in [5, 5.41) is 11.3. The molecule has 1 aromatic carbocycles. The molecular formula is C16H21F3N2O5. The molecule has 26 heavy (non-hydrogen) atoms. The van der Waals surface area contributed by atoms with Crippen LogP contribution in [-0.4, -0.2) is 36.6 Å². The maximum absolute atomic E-state index is 12.6. The highest BCUT2D eigenvalue weighted by molar-refractivity contribution is 5.89. The largest absolute Gasteiger partial charge is 0.573 e. The van der Waals surface area contributed by atoms with Crippen molar-refractivity contribution in [3.05, 3.63) is 29.8 Å². The van der Waals surface area contributed by atoms with Crippen molar-refractivity contribution in [2.24, 2.45) is 5.73 Å². The molecule has 1 rings (SSSR count). The number of aliphatic hydroxyl groups excluding tert-OH is 1. The van der Waals surface area contributed by atoms with Gasteiger partial charge in [0.25, 0.3) is 5.91 Å². The lowest BCUT2D eigenvalue weighted by molar-refractivity contribution is -0.274. The Labute approximate surface area is 148 Å². The Morgan fingerprint density at radius 3 is 2.54 bits per heavy atom. The molecule has 146 valence electrons. The van der Waals surface area contributed by atoms with E-state index < -0.39 is 29.7 Å². The Kier molecular flexibility index (Phi) is 7.69. The first-order valence-corrected chi connectivity index (χ1v) is 7.88. The summed E-state index contributed by atoms with van der Waals surface area (Å²) < 4.78 is 46.4. The van der Waals surface area contributed by atoms with Crippen molar-refractivity contribution in [2.75, 3.05) is 13.2 Å². The first-order valence-electron chi connectivity index (χ1n) is 7.88. The number of ether oxygens (including phenoxy) is 2. The minimum atomic E-state index is -4.92. The van der Waals surface area contributed by atoms with Crippen molar-refractivity contribution >= 4 is 12.0 Å². The predicted octanol–water partition coefficient (Wildman–Crippen LogP) is 2.17. The summed E-state index contributed by atoms with van der Waals surface area (Å²) in [4.78, 5) is 24.0. The summed E-state index contributed by atoms with van der Waals surface area (Å²) in [6.45, 7) is 1.32. The normalized spacial score (nSPS) is 13.6. The molecule has 1 atom stereocenters. The van der Waals surface area contributed by atoms with Crippen molar-refractivity contribution in [1.82, 2.24) is 5.32 Å². The van der Waals surface area contributed by atoms with Crippen LogP contribution < -0.4 is 15.8 Å². The summed E-state index contributed by atoms with van der Waals surface area (Å²) in [6, 6.07) is 4.59. The first-order chi connectivity index (χ1) is 12.1. The monoisotopic (exact) mass is 378 g/mol. The molecule has 0 spiro atoms. The van der Waals surface area contributed by atoms with E-state index in [2.05, 4.69) is 10.1 Å². The summed E-state index contributed by atoms with van der Waals surface area (Å²) in [5.41, 5.74) is 3.12. The standard InChI is InChI=1S/C16H21F3N2O5/c1-2-3-7-15(26-14(20)24,13(23)21-8-9-22)11-5-4-6-12(10-11)25-16(17,18)19/h4-6,10,22H,2-3,7-9H2,1H3,(H2,20,24)(H,21,23). The Morgan fingerprint density at radius 2 is 2.00 bits per heavy atom. The third kappa shape index (κ3) is 6.10. The zero-order chi connectivity index (χ0) is 19.8. The van der Waals surface area contributed by atoms with Gasteiger partial charge in [-0.25, -0.2) is 4.79 Å². The number of nitrogens with two attached hydrogens (primary N) is 1. The number of halogens is 3. The molecule has 0 saturated heterocycles. The van der Waals surface area contributed by atoms with Crippen LogP contribution in [0.1, 0.15) is 31.7 Å². The van der Waals surface area contributed by atoms with Crippen LogP contribution in [0.2, 0.25) is 0 Å². The van der Waals surface area contributed by atoms with E-state index in [1.54, 1.807) is 0 Å². The summed E-state index contributed by atoms with van der Waals surface area (Å²) >= 11 is 0. The fraction of sp³-hybridized carbons (Fsp3) is 0.500. The van der Waals surface area contributed by atoms with Crippen LogP contribution >= 0.6 is 0 Å². The van der Waals surface area contributed by atoms with Crippen molar-refractivity contribution in [3.63, 3.8) is 0 Å². The molecule has 10 heteroatoms. The Bertz CT molecular complexity index is 624. The summed E-state index contributed by atoms with van der Waals surface area (Å²) in [5.74, 6) is -1.37. The van der Waals surface area contributed by atoms with Crippen molar-refractivity contribution < 1.29 is 37.3 Å². The number of amides is 2. The van der Waals surface area contributed by atoms with Crippen molar-refractivity contribution in [3.8, 4) is 5.75 Å². The fourth-order valence-electron chi connectivity index (χ4n) is 2.40. The van der Waals surface area contributed by atoms with Gasteiger partial charge in [-0.05, 0) is 18.6 Å². The molecule has 1 aromatic rings. The second-order valence-electron chi connectivity index (χ2n) is 5.41. The highest BCUT2D eigenvalue weighted by Gasteiger charge is 2.44. The lowest BCUT2D eigenvalue weighted by Gasteiger charge is -2.32. The summed E-state index contributed by atoms with van der Waals surface area (Å²) in [7, 11) is 0. The number of primary amides is 1. The first kappa shape index (κ1) is 21.6. The quantitative estimate of drug-likeness (QED) is 0.610. The van der Waals surface area contributed by atoms with Crippen molar-refractivity contribution in [1.29, 1.82) is 0 Å². The molecule has 2 amide bonds. The number of nitrogens with one attached hydrogen (secondary N) is 1. The zero-order valence-electron chi connectivity index (χ0n) is 14.1. The average molecular weight is 378 g/mol. The molecule has 0 heterocycles. The highest BCUT2D eigenvalue weighted by Crippen LogP contribution is 2.35. The molecule has 0 fully saturated rings. The molecule has 0 radical (unpaired) electrons. The lowest BCUT2D eigenvalue weighted by atomic mass is 9.87. The number of rotatable bonds is 9. The number of carbonyl (C=O) groups is 2. The van der Waals surface area contributed by atoms with Crippen LogP contribution in [0.3, 0.4) is 0 Å². The maximum atomic E-state index is 12.6. The van der Waals surface area contributed by atoms with Crippen LogP contribution in [0, 0.1) is 0 Å². The Balaban J connectivity index is 3.38. The molecule has 4 N–H and O–H groups in total. The zero-order valence-corrected chi connectivity index (χ0v) is 14.1. The molecule has 0 aliphatic rings. The third-order valence-electron chi connectivity index (χ3n) is 3.46. The lowest BCUT2D eigenvalue weighted by Crippen LogP contribution is -2.49. The van der Waals surface area contributed by atoms with E-state index in [-0.39, 0.29) is 25.1 Å². The van der Waals surface area contributed by atoms with Gasteiger partial charge in [0, 0.05) is 18.5 Å². The number of alkyl halides is 3. The topological polar surface area (TPSA) is 111 Å². The van der Waals surface area contributed by atoms with Gasteiger partial charge in [-0.1, -0.05) is 25.5 Å². The SMILES string of the molecule is CCCCC(OC(N)=O)(C(=O)NCCO)c1cccc(OC(F)(F)F)c1. The second kappa shape index (κ2) is 9.27. The maximum Gasteiger partial charge on any atom is 0.573 e. The Hall–Kier alpha value is -2.49. The van der Waals surface area contributed by atoms with Gasteiger partial charge in [0.05, 0.1) is 6.61 Å².